The van der Waals surface area contributed by atoms with Gasteiger partial charge in [-0.2, -0.15) is 0 Å². The smallest absolute Gasteiger partial charge is 0.314 e. The van der Waals surface area contributed by atoms with E-state index in [0.29, 0.717) is 48.7 Å². The summed E-state index contributed by atoms with van der Waals surface area (Å²) in [4.78, 5) is 11.7. The summed E-state index contributed by atoms with van der Waals surface area (Å²) in [6.07, 6.45) is 1.45. The Morgan fingerprint density at radius 1 is 1.24 bits per heavy atom. The van der Waals surface area contributed by atoms with Gasteiger partial charge in [0.2, 0.25) is 0 Å². The van der Waals surface area contributed by atoms with E-state index in [2.05, 4.69) is 0 Å². The van der Waals surface area contributed by atoms with Gasteiger partial charge in [-0.3, -0.25) is 4.79 Å². The van der Waals surface area contributed by atoms with Gasteiger partial charge in [0.1, 0.15) is 6.17 Å². The van der Waals surface area contributed by atoms with Crippen molar-refractivity contribution in [2.75, 3.05) is 13.2 Å². The molecule has 1 aromatic carbocycles. The van der Waals surface area contributed by atoms with Crippen molar-refractivity contribution in [3.05, 3.63) is 23.3 Å². The topological polar surface area (TPSA) is 55.8 Å². The van der Waals surface area contributed by atoms with Crippen molar-refractivity contribution in [2.24, 2.45) is 0 Å². The molecule has 21 heavy (non-hydrogen) atoms. The Morgan fingerprint density at radius 3 is 2.33 bits per heavy atom. The number of carbonyl (C=O) groups is 1. The van der Waals surface area contributed by atoms with Gasteiger partial charge in [-0.25, -0.2) is 4.39 Å². The molecular formula is C16H19FO4. The summed E-state index contributed by atoms with van der Waals surface area (Å²) in [5, 5.41) is 9.61. The zero-order valence-electron chi connectivity index (χ0n) is 12.0. The molecule has 1 aromatic rings. The zero-order chi connectivity index (χ0) is 15.0. The number of alkyl halides is 1. The number of carboxylic acids is 1. The molecule has 0 amide bonds. The fraction of sp³-hybridized carbons (Fsp3) is 0.562. The minimum Gasteiger partial charge on any atom is -0.490 e. The lowest BCUT2D eigenvalue weighted by molar-refractivity contribution is -0.147. The van der Waals surface area contributed by atoms with Crippen LogP contribution in [0.5, 0.6) is 11.5 Å². The minimum absolute atomic E-state index is 0.404. The van der Waals surface area contributed by atoms with E-state index in [1.165, 1.54) is 6.92 Å². The first kappa shape index (κ1) is 14.2. The average molecular weight is 294 g/mol. The van der Waals surface area contributed by atoms with Crippen LogP contribution in [0.2, 0.25) is 0 Å². The lowest BCUT2D eigenvalue weighted by atomic mass is 9.63. The number of hydrogen-bond acceptors (Lipinski definition) is 3. The van der Waals surface area contributed by atoms with E-state index < -0.39 is 17.6 Å². The van der Waals surface area contributed by atoms with Crippen LogP contribution in [-0.2, 0) is 10.2 Å². The van der Waals surface area contributed by atoms with Crippen molar-refractivity contribution >= 4 is 5.97 Å². The maximum atomic E-state index is 14.0. The molecule has 0 spiro atoms. The van der Waals surface area contributed by atoms with Crippen LogP contribution < -0.4 is 9.47 Å². The average Bonchev–Trinajstić information content (AvgIpc) is 2.60. The van der Waals surface area contributed by atoms with Crippen LogP contribution >= 0.6 is 0 Å². The van der Waals surface area contributed by atoms with Crippen molar-refractivity contribution < 1.29 is 23.8 Å². The molecule has 1 unspecified atom stereocenters. The fourth-order valence-electron chi connectivity index (χ4n) is 3.10. The third kappa shape index (κ3) is 2.24. The van der Waals surface area contributed by atoms with Crippen LogP contribution in [0.4, 0.5) is 4.39 Å². The Balaban J connectivity index is 2.14. The van der Waals surface area contributed by atoms with Crippen LogP contribution in [0.1, 0.15) is 49.9 Å². The maximum Gasteiger partial charge on any atom is 0.314 e. The predicted octanol–water partition coefficient (Wildman–Crippen LogP) is 3.38. The molecule has 1 heterocycles. The number of hydrogen-bond donors (Lipinski definition) is 1. The first-order valence-electron chi connectivity index (χ1n) is 7.36. The molecule has 0 aromatic heterocycles. The van der Waals surface area contributed by atoms with E-state index in [9.17, 15) is 14.3 Å². The minimum atomic E-state index is -1.24. The predicted molar refractivity (Wildman–Crippen MR) is 74.7 cm³/mol. The normalized spacial score (nSPS) is 21.0. The second kappa shape index (κ2) is 5.20. The van der Waals surface area contributed by atoms with Gasteiger partial charge < -0.3 is 14.6 Å². The molecule has 114 valence electrons. The highest BCUT2D eigenvalue weighted by Gasteiger charge is 2.48. The zero-order valence-corrected chi connectivity index (χ0v) is 12.0. The summed E-state index contributed by atoms with van der Waals surface area (Å²) in [7, 11) is 0. The third-order valence-electron chi connectivity index (χ3n) is 4.48. The standard InChI is InChI=1S/C16H19FO4/c1-10(17)11-8-13-14(21-7-3-6-20-13)9-12(11)16(15(18)19)4-2-5-16/h8-10H,2-7H2,1H3,(H,18,19). The number of ether oxygens (including phenoxy) is 2. The molecule has 4 nitrogen and oxygen atoms in total. The molecule has 1 aliphatic heterocycles. The van der Waals surface area contributed by atoms with Crippen molar-refractivity contribution in [2.45, 2.75) is 44.2 Å². The Hall–Kier alpha value is -1.78. The Labute approximate surface area is 122 Å². The molecule has 2 aliphatic rings. The monoisotopic (exact) mass is 294 g/mol. The number of carboxylic acid groups (broad SMARTS) is 1. The lowest BCUT2D eigenvalue weighted by Gasteiger charge is -2.39. The Morgan fingerprint density at radius 2 is 1.86 bits per heavy atom. The molecule has 1 atom stereocenters. The summed E-state index contributed by atoms with van der Waals surface area (Å²) >= 11 is 0. The van der Waals surface area contributed by atoms with E-state index in [0.717, 1.165) is 12.8 Å². The van der Waals surface area contributed by atoms with Gasteiger partial charge in [-0.05, 0) is 43.0 Å². The Bertz CT molecular complexity index is 564. The van der Waals surface area contributed by atoms with Gasteiger partial charge in [0.25, 0.3) is 0 Å². The number of benzene rings is 1. The van der Waals surface area contributed by atoms with Crippen LogP contribution in [0, 0.1) is 0 Å². The highest BCUT2D eigenvalue weighted by atomic mass is 19.1. The van der Waals surface area contributed by atoms with E-state index in [-0.39, 0.29) is 0 Å². The quantitative estimate of drug-likeness (QED) is 0.928. The van der Waals surface area contributed by atoms with Gasteiger partial charge in [0.15, 0.2) is 11.5 Å². The molecule has 3 rings (SSSR count). The van der Waals surface area contributed by atoms with Crippen LogP contribution in [-0.4, -0.2) is 24.3 Å². The third-order valence-corrected chi connectivity index (χ3v) is 4.48. The van der Waals surface area contributed by atoms with Crippen molar-refractivity contribution in [3.63, 3.8) is 0 Å². The van der Waals surface area contributed by atoms with Crippen LogP contribution in [0.15, 0.2) is 12.1 Å². The molecule has 0 radical (unpaired) electrons. The number of halogens is 1. The summed E-state index contributed by atoms with van der Waals surface area (Å²) in [6, 6.07) is 3.29. The second-order valence-corrected chi connectivity index (χ2v) is 5.79. The van der Waals surface area contributed by atoms with Gasteiger partial charge in [-0.1, -0.05) is 6.42 Å². The van der Waals surface area contributed by atoms with E-state index in [4.69, 9.17) is 9.47 Å². The SMILES string of the molecule is CC(F)c1cc2c(cc1C1(C(=O)O)CCC1)OCCCO2. The molecule has 0 saturated heterocycles. The van der Waals surface area contributed by atoms with Crippen LogP contribution in [0.25, 0.3) is 0 Å². The molecule has 1 saturated carbocycles. The van der Waals surface area contributed by atoms with E-state index >= 15 is 0 Å². The van der Waals surface area contributed by atoms with E-state index in [1.807, 2.05) is 0 Å². The van der Waals surface area contributed by atoms with Gasteiger partial charge in [0.05, 0.1) is 18.6 Å². The molecule has 5 heteroatoms. The second-order valence-electron chi connectivity index (χ2n) is 5.79. The van der Waals surface area contributed by atoms with Crippen molar-refractivity contribution in [1.82, 2.24) is 0 Å². The largest absolute Gasteiger partial charge is 0.490 e. The number of rotatable bonds is 3. The maximum absolute atomic E-state index is 14.0. The summed E-state index contributed by atoms with van der Waals surface area (Å²) < 4.78 is 25.2. The van der Waals surface area contributed by atoms with Gasteiger partial charge in [-0.15, -0.1) is 0 Å². The molecule has 1 fully saturated rings. The van der Waals surface area contributed by atoms with Crippen molar-refractivity contribution in [3.8, 4) is 11.5 Å². The summed E-state index contributed by atoms with van der Waals surface area (Å²) in [5.41, 5.74) is -0.0257. The van der Waals surface area contributed by atoms with Crippen molar-refractivity contribution in [1.29, 1.82) is 0 Å². The van der Waals surface area contributed by atoms with E-state index in [1.54, 1.807) is 12.1 Å². The fourth-order valence-corrected chi connectivity index (χ4v) is 3.10. The molecular weight excluding hydrogens is 275 g/mol. The van der Waals surface area contributed by atoms with Crippen LogP contribution in [0.3, 0.4) is 0 Å². The van der Waals surface area contributed by atoms with Gasteiger partial charge >= 0.3 is 5.97 Å². The lowest BCUT2D eigenvalue weighted by Crippen LogP contribution is -2.43. The molecule has 1 aliphatic carbocycles. The number of aliphatic carboxylic acids is 1. The highest BCUT2D eigenvalue weighted by molar-refractivity contribution is 5.83. The van der Waals surface area contributed by atoms with Gasteiger partial charge in [0, 0.05) is 6.42 Å². The highest BCUT2D eigenvalue weighted by Crippen LogP contribution is 2.49. The summed E-state index contributed by atoms with van der Waals surface area (Å²) in [5.74, 6) is 0.153. The molecule has 1 N–H and O–H groups in total. The Kier molecular flexibility index (Phi) is 3.51. The first-order valence-corrected chi connectivity index (χ1v) is 7.36. The first-order chi connectivity index (χ1) is 10.0. The number of fused-ring (bicyclic) bond motifs is 1. The molecule has 0 bridgehead atoms. The summed E-state index contributed by atoms with van der Waals surface area (Å²) in [6.45, 7) is 2.48.